The van der Waals surface area contributed by atoms with Crippen LogP contribution in [0.5, 0.6) is 0 Å². The zero-order valence-electron chi connectivity index (χ0n) is 14.3. The lowest BCUT2D eigenvalue weighted by atomic mass is 10.1. The van der Waals surface area contributed by atoms with Crippen LogP contribution in [0.2, 0.25) is 5.02 Å². The van der Waals surface area contributed by atoms with Crippen molar-refractivity contribution < 1.29 is 17.9 Å². The minimum atomic E-state index is -3.55. The highest BCUT2D eigenvalue weighted by molar-refractivity contribution is 7.89. The van der Waals surface area contributed by atoms with E-state index in [1.807, 2.05) is 24.3 Å². The Hall–Kier alpha value is -2.15. The molecule has 0 amide bonds. The van der Waals surface area contributed by atoms with Gasteiger partial charge in [0.15, 0.2) is 0 Å². The van der Waals surface area contributed by atoms with Crippen LogP contribution in [0.25, 0.3) is 6.08 Å². The van der Waals surface area contributed by atoms with Crippen LogP contribution in [0.15, 0.2) is 59.5 Å². The van der Waals surface area contributed by atoms with Crippen LogP contribution in [0, 0.1) is 0 Å². The zero-order chi connectivity index (χ0) is 19.0. The molecule has 2 rings (SSSR count). The highest BCUT2D eigenvalue weighted by Crippen LogP contribution is 2.14. The van der Waals surface area contributed by atoms with Crippen molar-refractivity contribution in [2.75, 3.05) is 13.2 Å². The second-order valence-corrected chi connectivity index (χ2v) is 7.63. The van der Waals surface area contributed by atoms with Crippen LogP contribution in [-0.4, -0.2) is 27.5 Å². The first kappa shape index (κ1) is 20.2. The summed E-state index contributed by atoms with van der Waals surface area (Å²) in [4.78, 5) is 11.5. The lowest BCUT2D eigenvalue weighted by Gasteiger charge is -2.07. The molecule has 2 aromatic rings. The fourth-order valence-electron chi connectivity index (χ4n) is 2.18. The monoisotopic (exact) mass is 393 g/mol. The van der Waals surface area contributed by atoms with Crippen LogP contribution >= 0.6 is 11.6 Å². The van der Waals surface area contributed by atoms with Gasteiger partial charge in [-0.25, -0.2) is 17.9 Å². The molecule has 0 aliphatic rings. The molecule has 0 aromatic heterocycles. The topological polar surface area (TPSA) is 72.5 Å². The van der Waals surface area contributed by atoms with Gasteiger partial charge in [-0.3, -0.25) is 0 Å². The molecule has 0 aliphatic heterocycles. The number of carbonyl (C=O) groups excluding carboxylic acids is 1. The number of hydrogen-bond donors (Lipinski definition) is 1. The van der Waals surface area contributed by atoms with Gasteiger partial charge >= 0.3 is 5.97 Å². The van der Waals surface area contributed by atoms with Gasteiger partial charge in [-0.15, -0.1) is 0 Å². The normalized spacial score (nSPS) is 11.6. The third-order valence-corrected chi connectivity index (χ3v) is 5.24. The van der Waals surface area contributed by atoms with Crippen molar-refractivity contribution in [2.24, 2.45) is 0 Å². The predicted octanol–water partition coefficient (Wildman–Crippen LogP) is 3.44. The van der Waals surface area contributed by atoms with E-state index in [9.17, 15) is 13.2 Å². The van der Waals surface area contributed by atoms with Crippen molar-refractivity contribution in [2.45, 2.75) is 18.2 Å². The molecule has 2 aromatic carbocycles. The molecule has 0 radical (unpaired) electrons. The number of esters is 1. The third kappa shape index (κ3) is 6.29. The molecule has 138 valence electrons. The maximum Gasteiger partial charge on any atom is 0.330 e. The van der Waals surface area contributed by atoms with E-state index in [1.54, 1.807) is 25.1 Å². The molecule has 26 heavy (non-hydrogen) atoms. The van der Waals surface area contributed by atoms with E-state index >= 15 is 0 Å². The maximum absolute atomic E-state index is 12.2. The van der Waals surface area contributed by atoms with E-state index in [2.05, 4.69) is 4.72 Å². The molecule has 0 saturated carbocycles. The van der Waals surface area contributed by atoms with Gasteiger partial charge in [-0.05, 0) is 54.8 Å². The van der Waals surface area contributed by atoms with E-state index in [4.69, 9.17) is 16.3 Å². The standard InChI is InChI=1S/C19H20ClNO4S/c1-2-25-19(22)12-7-15-3-5-16(6-4-15)13-14-21-26(23,24)18-10-8-17(20)9-11-18/h3-12,21H,2,13-14H2,1H3/b12-7+. The van der Waals surface area contributed by atoms with E-state index in [0.29, 0.717) is 18.1 Å². The summed E-state index contributed by atoms with van der Waals surface area (Å²) in [7, 11) is -3.55. The number of carbonyl (C=O) groups is 1. The van der Waals surface area contributed by atoms with Crippen molar-refractivity contribution in [1.82, 2.24) is 4.72 Å². The van der Waals surface area contributed by atoms with Gasteiger partial charge in [0.25, 0.3) is 0 Å². The quantitative estimate of drug-likeness (QED) is 0.550. The van der Waals surface area contributed by atoms with Crippen molar-refractivity contribution in [3.63, 3.8) is 0 Å². The van der Waals surface area contributed by atoms with Crippen LogP contribution in [-0.2, 0) is 26.0 Å². The van der Waals surface area contributed by atoms with E-state index < -0.39 is 10.0 Å². The summed E-state index contributed by atoms with van der Waals surface area (Å²) in [5.74, 6) is -0.381. The number of nitrogens with one attached hydrogen (secondary N) is 1. The Bertz CT molecular complexity index is 859. The van der Waals surface area contributed by atoms with Crippen LogP contribution < -0.4 is 4.72 Å². The second kappa shape index (κ2) is 9.52. The molecule has 0 spiro atoms. The Morgan fingerprint density at radius 1 is 1.12 bits per heavy atom. The Balaban J connectivity index is 1.88. The van der Waals surface area contributed by atoms with Crippen molar-refractivity contribution in [3.8, 4) is 0 Å². The zero-order valence-corrected chi connectivity index (χ0v) is 15.9. The van der Waals surface area contributed by atoms with Gasteiger partial charge in [0.05, 0.1) is 11.5 Å². The second-order valence-electron chi connectivity index (χ2n) is 5.43. The van der Waals surface area contributed by atoms with Gasteiger partial charge < -0.3 is 4.74 Å². The van der Waals surface area contributed by atoms with Gasteiger partial charge in [0, 0.05) is 17.6 Å². The van der Waals surface area contributed by atoms with Crippen LogP contribution in [0.3, 0.4) is 0 Å². The van der Waals surface area contributed by atoms with Crippen molar-refractivity contribution in [1.29, 1.82) is 0 Å². The number of rotatable bonds is 8. The highest BCUT2D eigenvalue weighted by Gasteiger charge is 2.12. The predicted molar refractivity (Wildman–Crippen MR) is 102 cm³/mol. The molecule has 0 atom stereocenters. The average molecular weight is 394 g/mol. The molecule has 0 heterocycles. The average Bonchev–Trinajstić information content (AvgIpc) is 2.61. The number of hydrogen-bond acceptors (Lipinski definition) is 4. The van der Waals surface area contributed by atoms with Gasteiger partial charge in [-0.2, -0.15) is 0 Å². The number of ether oxygens (including phenoxy) is 1. The minimum Gasteiger partial charge on any atom is -0.463 e. The summed E-state index contributed by atoms with van der Waals surface area (Å²) in [5, 5.41) is 0.487. The van der Waals surface area contributed by atoms with Crippen molar-refractivity contribution in [3.05, 3.63) is 70.8 Å². The summed E-state index contributed by atoms with van der Waals surface area (Å²) in [6.07, 6.45) is 3.60. The fraction of sp³-hybridized carbons (Fsp3) is 0.211. The Labute approximate surface area is 158 Å². The molecular formula is C19H20ClNO4S. The molecule has 1 N–H and O–H groups in total. The summed E-state index contributed by atoms with van der Waals surface area (Å²) in [5.41, 5.74) is 1.85. The molecule has 0 bridgehead atoms. The first-order chi connectivity index (χ1) is 12.4. The summed E-state index contributed by atoms with van der Waals surface area (Å²) < 4.78 is 31.7. The highest BCUT2D eigenvalue weighted by atomic mass is 35.5. The van der Waals surface area contributed by atoms with E-state index in [1.165, 1.54) is 18.2 Å². The third-order valence-electron chi connectivity index (χ3n) is 3.51. The van der Waals surface area contributed by atoms with Gasteiger partial charge in [-0.1, -0.05) is 35.9 Å². The van der Waals surface area contributed by atoms with Crippen molar-refractivity contribution >= 4 is 33.7 Å². The number of halogens is 1. The summed E-state index contributed by atoms with van der Waals surface area (Å²) in [6.45, 7) is 2.37. The minimum absolute atomic E-state index is 0.182. The van der Waals surface area contributed by atoms with Gasteiger partial charge in [0.1, 0.15) is 0 Å². The lowest BCUT2D eigenvalue weighted by molar-refractivity contribution is -0.137. The van der Waals surface area contributed by atoms with Gasteiger partial charge in [0.2, 0.25) is 10.0 Å². The number of sulfonamides is 1. The first-order valence-electron chi connectivity index (χ1n) is 8.10. The molecule has 0 aliphatic carbocycles. The molecule has 0 unspecified atom stereocenters. The lowest BCUT2D eigenvalue weighted by Crippen LogP contribution is -2.25. The van der Waals surface area contributed by atoms with E-state index in [0.717, 1.165) is 11.1 Å². The SMILES string of the molecule is CCOC(=O)/C=C/c1ccc(CCNS(=O)(=O)c2ccc(Cl)cc2)cc1. The Kier molecular flexibility index (Phi) is 7.38. The summed E-state index contributed by atoms with van der Waals surface area (Å²) >= 11 is 5.77. The fourth-order valence-corrected chi connectivity index (χ4v) is 3.33. The Morgan fingerprint density at radius 2 is 1.77 bits per heavy atom. The van der Waals surface area contributed by atoms with Crippen LogP contribution in [0.4, 0.5) is 0 Å². The van der Waals surface area contributed by atoms with E-state index in [-0.39, 0.29) is 17.4 Å². The molecule has 0 fully saturated rings. The molecule has 5 nitrogen and oxygen atoms in total. The first-order valence-corrected chi connectivity index (χ1v) is 9.96. The Morgan fingerprint density at radius 3 is 2.38 bits per heavy atom. The largest absolute Gasteiger partial charge is 0.463 e. The molecule has 7 heteroatoms. The van der Waals surface area contributed by atoms with Crippen LogP contribution in [0.1, 0.15) is 18.1 Å². The number of benzene rings is 2. The summed E-state index contributed by atoms with van der Waals surface area (Å²) in [6, 6.07) is 13.5. The smallest absolute Gasteiger partial charge is 0.330 e. The molecule has 0 saturated heterocycles. The maximum atomic E-state index is 12.2. The molecular weight excluding hydrogens is 374 g/mol.